The summed E-state index contributed by atoms with van der Waals surface area (Å²) in [6.07, 6.45) is 4.24. The summed E-state index contributed by atoms with van der Waals surface area (Å²) in [5.74, 6) is 2.97. The topological polar surface area (TPSA) is 92.5 Å². The van der Waals surface area contributed by atoms with Crippen molar-refractivity contribution >= 4 is 22.6 Å². The SMILES string of the molecule is CNCCOc1ccc(Nc2ncc(C)c(-c3cc4c(o3)CCN(S(C)=O)C4)n2)cc1. The zero-order valence-corrected chi connectivity index (χ0v) is 18.8. The van der Waals surface area contributed by atoms with Crippen molar-refractivity contribution in [3.05, 3.63) is 53.4 Å². The molecule has 1 aliphatic rings. The Hall–Kier alpha value is -2.75. The van der Waals surface area contributed by atoms with Crippen LogP contribution in [0.15, 0.2) is 40.9 Å². The van der Waals surface area contributed by atoms with Crippen molar-refractivity contribution in [2.45, 2.75) is 19.9 Å². The van der Waals surface area contributed by atoms with Crippen molar-refractivity contribution in [1.29, 1.82) is 0 Å². The van der Waals surface area contributed by atoms with Crippen molar-refractivity contribution in [2.75, 3.05) is 38.3 Å². The van der Waals surface area contributed by atoms with E-state index in [0.29, 0.717) is 24.9 Å². The number of aryl methyl sites for hydroxylation is 1. The number of fused-ring (bicyclic) bond motifs is 1. The van der Waals surface area contributed by atoms with Gasteiger partial charge in [-0.25, -0.2) is 18.5 Å². The Labute approximate surface area is 184 Å². The lowest BCUT2D eigenvalue weighted by Gasteiger charge is -2.22. The van der Waals surface area contributed by atoms with Gasteiger partial charge in [0.05, 0.1) is 11.0 Å². The zero-order valence-electron chi connectivity index (χ0n) is 18.0. The minimum Gasteiger partial charge on any atom is -0.492 e. The number of rotatable bonds is 8. The fourth-order valence-electron chi connectivity index (χ4n) is 3.43. The van der Waals surface area contributed by atoms with E-state index in [2.05, 4.69) is 20.6 Å². The van der Waals surface area contributed by atoms with Crippen LogP contribution in [0.1, 0.15) is 16.9 Å². The third kappa shape index (κ3) is 5.12. The van der Waals surface area contributed by atoms with Gasteiger partial charge in [-0.15, -0.1) is 0 Å². The number of hydrogen-bond donors (Lipinski definition) is 2. The van der Waals surface area contributed by atoms with E-state index in [1.54, 1.807) is 12.5 Å². The zero-order chi connectivity index (χ0) is 21.8. The van der Waals surface area contributed by atoms with E-state index in [1.807, 2.05) is 48.6 Å². The average molecular weight is 442 g/mol. The van der Waals surface area contributed by atoms with Gasteiger partial charge in [-0.2, -0.15) is 0 Å². The van der Waals surface area contributed by atoms with Gasteiger partial charge < -0.3 is 19.8 Å². The average Bonchev–Trinajstić information content (AvgIpc) is 3.19. The number of aromatic nitrogens is 2. The normalized spacial score (nSPS) is 14.8. The highest BCUT2D eigenvalue weighted by atomic mass is 32.2. The Balaban J connectivity index is 1.50. The summed E-state index contributed by atoms with van der Waals surface area (Å²) in [6.45, 7) is 4.73. The first-order chi connectivity index (χ1) is 15.0. The standard InChI is InChI=1S/C22H27N5O3S/c1-15-13-24-22(25-17-4-6-18(7-5-17)29-11-9-23-2)26-21(15)20-12-16-14-27(31(3)28)10-8-19(16)30-20/h4-7,12-13,23H,8-11,14H2,1-3H3,(H,24,25,26). The predicted molar refractivity (Wildman–Crippen MR) is 122 cm³/mol. The molecule has 1 atom stereocenters. The third-order valence-electron chi connectivity index (χ3n) is 5.13. The fraction of sp³-hybridized carbons (Fsp3) is 0.364. The van der Waals surface area contributed by atoms with Gasteiger partial charge in [0.25, 0.3) is 0 Å². The Kier molecular flexibility index (Phi) is 6.64. The molecule has 1 aliphatic heterocycles. The van der Waals surface area contributed by atoms with Crippen molar-refractivity contribution in [3.8, 4) is 17.2 Å². The molecule has 0 amide bonds. The fourth-order valence-corrected chi connectivity index (χ4v) is 4.10. The molecule has 164 valence electrons. The second kappa shape index (κ2) is 9.59. The van der Waals surface area contributed by atoms with Gasteiger partial charge in [-0.1, -0.05) is 0 Å². The number of likely N-dealkylation sites (N-methyl/N-ethyl adjacent to an activating group) is 1. The van der Waals surface area contributed by atoms with Gasteiger partial charge in [0.2, 0.25) is 5.95 Å². The van der Waals surface area contributed by atoms with Crippen molar-refractivity contribution < 1.29 is 13.4 Å². The molecular weight excluding hydrogens is 414 g/mol. The van der Waals surface area contributed by atoms with E-state index in [0.717, 1.165) is 53.5 Å². The molecule has 9 heteroatoms. The van der Waals surface area contributed by atoms with Crippen molar-refractivity contribution in [1.82, 2.24) is 19.6 Å². The molecule has 31 heavy (non-hydrogen) atoms. The summed E-state index contributed by atoms with van der Waals surface area (Å²) in [4.78, 5) is 9.10. The van der Waals surface area contributed by atoms with E-state index < -0.39 is 11.0 Å². The highest BCUT2D eigenvalue weighted by Crippen LogP contribution is 2.31. The smallest absolute Gasteiger partial charge is 0.227 e. The molecule has 8 nitrogen and oxygen atoms in total. The number of nitrogens with one attached hydrogen (secondary N) is 2. The first-order valence-electron chi connectivity index (χ1n) is 10.2. The lowest BCUT2D eigenvalue weighted by Crippen LogP contribution is -2.30. The van der Waals surface area contributed by atoms with Crippen LogP contribution in [0, 0.1) is 6.92 Å². The molecule has 2 N–H and O–H groups in total. The Morgan fingerprint density at radius 3 is 2.84 bits per heavy atom. The van der Waals surface area contributed by atoms with Gasteiger partial charge in [-0.05, 0) is 49.9 Å². The van der Waals surface area contributed by atoms with Crippen molar-refractivity contribution in [2.24, 2.45) is 0 Å². The second-order valence-electron chi connectivity index (χ2n) is 7.42. The number of ether oxygens (including phenoxy) is 1. The molecule has 0 fully saturated rings. The van der Waals surface area contributed by atoms with Gasteiger partial charge in [0, 0.05) is 49.8 Å². The molecule has 1 unspecified atom stereocenters. The van der Waals surface area contributed by atoms with Gasteiger partial charge in [-0.3, -0.25) is 0 Å². The third-order valence-corrected chi connectivity index (χ3v) is 6.17. The van der Waals surface area contributed by atoms with E-state index in [-0.39, 0.29) is 0 Å². The minimum absolute atomic E-state index is 0.495. The van der Waals surface area contributed by atoms with Crippen LogP contribution in [0.2, 0.25) is 0 Å². The lowest BCUT2D eigenvalue weighted by atomic mass is 10.1. The lowest BCUT2D eigenvalue weighted by molar-refractivity contribution is 0.318. The molecule has 3 heterocycles. The van der Waals surface area contributed by atoms with E-state index >= 15 is 0 Å². The van der Waals surface area contributed by atoms with Crippen LogP contribution >= 0.6 is 0 Å². The molecule has 1 aromatic carbocycles. The molecule has 0 bridgehead atoms. The van der Waals surface area contributed by atoms with Crippen LogP contribution in [-0.4, -0.2) is 51.5 Å². The maximum atomic E-state index is 11.8. The first-order valence-corrected chi connectivity index (χ1v) is 11.7. The summed E-state index contributed by atoms with van der Waals surface area (Å²) in [6, 6.07) is 9.70. The number of nitrogens with zero attached hydrogens (tertiary/aromatic N) is 3. The summed E-state index contributed by atoms with van der Waals surface area (Å²) < 4.78 is 25.5. The monoisotopic (exact) mass is 441 g/mol. The molecular formula is C22H27N5O3S. The van der Waals surface area contributed by atoms with Crippen molar-refractivity contribution in [3.63, 3.8) is 0 Å². The van der Waals surface area contributed by atoms with E-state index in [1.165, 1.54) is 0 Å². The van der Waals surface area contributed by atoms with Crippen LogP contribution in [0.5, 0.6) is 5.75 Å². The van der Waals surface area contributed by atoms with Gasteiger partial charge >= 0.3 is 0 Å². The Morgan fingerprint density at radius 2 is 2.10 bits per heavy atom. The molecule has 0 saturated carbocycles. The summed E-state index contributed by atoms with van der Waals surface area (Å²) in [5, 5.41) is 6.29. The quantitative estimate of drug-likeness (QED) is 0.519. The number of furan rings is 1. The van der Waals surface area contributed by atoms with Crippen LogP contribution in [0.25, 0.3) is 11.5 Å². The minimum atomic E-state index is -0.986. The second-order valence-corrected chi connectivity index (χ2v) is 8.79. The van der Waals surface area contributed by atoms with Crippen LogP contribution in [0.4, 0.5) is 11.6 Å². The first kappa shape index (κ1) is 21.5. The molecule has 0 spiro atoms. The number of anilines is 2. The van der Waals surface area contributed by atoms with Gasteiger partial charge in [0.15, 0.2) is 5.76 Å². The van der Waals surface area contributed by atoms with E-state index in [9.17, 15) is 4.21 Å². The molecule has 4 rings (SSSR count). The summed E-state index contributed by atoms with van der Waals surface area (Å²) >= 11 is 0. The highest BCUT2D eigenvalue weighted by Gasteiger charge is 2.24. The maximum Gasteiger partial charge on any atom is 0.227 e. The highest BCUT2D eigenvalue weighted by molar-refractivity contribution is 7.81. The number of benzene rings is 1. The Morgan fingerprint density at radius 1 is 1.29 bits per heavy atom. The van der Waals surface area contributed by atoms with E-state index in [4.69, 9.17) is 9.15 Å². The van der Waals surface area contributed by atoms with Crippen LogP contribution in [0.3, 0.4) is 0 Å². The van der Waals surface area contributed by atoms with Crippen LogP contribution < -0.4 is 15.4 Å². The molecule has 2 aromatic heterocycles. The molecule has 0 aliphatic carbocycles. The number of hydrogen-bond acceptors (Lipinski definition) is 7. The molecule has 3 aromatic rings. The predicted octanol–water partition coefficient (Wildman–Crippen LogP) is 3.04. The van der Waals surface area contributed by atoms with Gasteiger partial charge in [0.1, 0.15) is 23.8 Å². The summed E-state index contributed by atoms with van der Waals surface area (Å²) in [5.41, 5.74) is 3.62. The maximum absolute atomic E-state index is 11.8. The molecule has 0 radical (unpaired) electrons. The molecule has 0 saturated heterocycles. The Bertz CT molecular complexity index is 1070. The largest absolute Gasteiger partial charge is 0.492 e. The van der Waals surface area contributed by atoms with Crippen LogP contribution in [-0.2, 0) is 24.0 Å². The summed E-state index contributed by atoms with van der Waals surface area (Å²) in [7, 11) is 0.909.